The van der Waals surface area contributed by atoms with E-state index in [9.17, 15) is 0 Å². The number of nitriles is 1. The van der Waals surface area contributed by atoms with Crippen molar-refractivity contribution in [1.82, 2.24) is 0 Å². The lowest BCUT2D eigenvalue weighted by Crippen LogP contribution is -2.01. The summed E-state index contributed by atoms with van der Waals surface area (Å²) < 4.78 is 0. The molecule has 0 amide bonds. The predicted molar refractivity (Wildman–Crippen MR) is 105 cm³/mol. The van der Waals surface area contributed by atoms with Crippen LogP contribution in [-0.4, -0.2) is 6.54 Å². The summed E-state index contributed by atoms with van der Waals surface area (Å²) in [5.41, 5.74) is 1.84. The van der Waals surface area contributed by atoms with Crippen LogP contribution in [-0.2, 0) is 0 Å². The molecule has 0 aromatic heterocycles. The Morgan fingerprint density at radius 1 is 0.708 bits per heavy atom. The van der Waals surface area contributed by atoms with Gasteiger partial charge in [-0.05, 0) is 30.7 Å². The fourth-order valence-electron chi connectivity index (χ4n) is 3.04. The summed E-state index contributed by atoms with van der Waals surface area (Å²) in [7, 11) is 0. The normalized spacial score (nSPS) is 10.5. The van der Waals surface area contributed by atoms with E-state index in [1.165, 1.54) is 83.5 Å². The van der Waals surface area contributed by atoms with Gasteiger partial charge in [0.25, 0.3) is 0 Å². The van der Waals surface area contributed by atoms with Gasteiger partial charge >= 0.3 is 0 Å². The van der Waals surface area contributed by atoms with Crippen molar-refractivity contribution >= 4 is 5.69 Å². The molecule has 0 fully saturated rings. The van der Waals surface area contributed by atoms with E-state index in [0.717, 1.165) is 17.8 Å². The third kappa shape index (κ3) is 11.1. The number of benzene rings is 1. The van der Waals surface area contributed by atoms with Gasteiger partial charge in [-0.25, -0.2) is 0 Å². The SMILES string of the molecule is CCCCCCCCCCCCCCCNc1ccc(C#N)cc1. The quantitative estimate of drug-likeness (QED) is 0.350. The number of hydrogen-bond acceptors (Lipinski definition) is 2. The van der Waals surface area contributed by atoms with E-state index < -0.39 is 0 Å². The lowest BCUT2D eigenvalue weighted by atomic mass is 10.0. The van der Waals surface area contributed by atoms with E-state index in [-0.39, 0.29) is 0 Å². The molecule has 1 rings (SSSR count). The van der Waals surface area contributed by atoms with E-state index in [4.69, 9.17) is 5.26 Å². The smallest absolute Gasteiger partial charge is 0.0991 e. The highest BCUT2D eigenvalue weighted by atomic mass is 14.9. The van der Waals surface area contributed by atoms with E-state index in [1.807, 2.05) is 24.3 Å². The van der Waals surface area contributed by atoms with Gasteiger partial charge in [0, 0.05) is 12.2 Å². The van der Waals surface area contributed by atoms with Crippen LogP contribution in [0.5, 0.6) is 0 Å². The molecule has 24 heavy (non-hydrogen) atoms. The lowest BCUT2D eigenvalue weighted by molar-refractivity contribution is 0.541. The molecule has 1 N–H and O–H groups in total. The second kappa shape index (κ2) is 15.1. The molecule has 0 heterocycles. The summed E-state index contributed by atoms with van der Waals surface area (Å²) in [6, 6.07) is 9.85. The van der Waals surface area contributed by atoms with Crippen molar-refractivity contribution in [3.63, 3.8) is 0 Å². The van der Waals surface area contributed by atoms with Gasteiger partial charge in [0.2, 0.25) is 0 Å². The van der Waals surface area contributed by atoms with Crippen molar-refractivity contribution in [2.75, 3.05) is 11.9 Å². The number of anilines is 1. The molecule has 0 unspecified atom stereocenters. The number of unbranched alkanes of at least 4 members (excludes halogenated alkanes) is 12. The molecular formula is C22H36N2. The van der Waals surface area contributed by atoms with Gasteiger partial charge in [0.05, 0.1) is 11.6 Å². The van der Waals surface area contributed by atoms with Crippen LogP contribution in [0.3, 0.4) is 0 Å². The molecule has 0 aliphatic rings. The maximum atomic E-state index is 8.77. The third-order valence-electron chi connectivity index (χ3n) is 4.62. The summed E-state index contributed by atoms with van der Waals surface area (Å²) in [6.45, 7) is 3.31. The maximum absolute atomic E-state index is 8.77. The number of rotatable bonds is 15. The van der Waals surface area contributed by atoms with E-state index in [0.29, 0.717) is 0 Å². The number of hydrogen-bond donors (Lipinski definition) is 1. The van der Waals surface area contributed by atoms with Crippen molar-refractivity contribution in [3.8, 4) is 6.07 Å². The molecular weight excluding hydrogens is 292 g/mol. The van der Waals surface area contributed by atoms with E-state index in [2.05, 4.69) is 18.3 Å². The van der Waals surface area contributed by atoms with Crippen LogP contribution >= 0.6 is 0 Å². The molecule has 0 radical (unpaired) electrons. The minimum absolute atomic E-state index is 0.724. The zero-order valence-electron chi connectivity index (χ0n) is 15.7. The highest BCUT2D eigenvalue weighted by Gasteiger charge is 1.95. The van der Waals surface area contributed by atoms with Crippen LogP contribution in [0, 0.1) is 11.3 Å². The minimum atomic E-state index is 0.724. The molecule has 0 atom stereocenters. The summed E-state index contributed by atoms with van der Waals surface area (Å²) in [5.74, 6) is 0. The Labute approximate surface area is 149 Å². The molecule has 0 spiro atoms. The first-order chi connectivity index (χ1) is 11.9. The van der Waals surface area contributed by atoms with Gasteiger partial charge in [0.15, 0.2) is 0 Å². The summed E-state index contributed by atoms with van der Waals surface area (Å²) in [6.07, 6.45) is 18.1. The fourth-order valence-corrected chi connectivity index (χ4v) is 3.04. The van der Waals surface area contributed by atoms with Gasteiger partial charge in [-0.15, -0.1) is 0 Å². The Morgan fingerprint density at radius 3 is 1.62 bits per heavy atom. The van der Waals surface area contributed by atoms with Crippen molar-refractivity contribution < 1.29 is 0 Å². The Morgan fingerprint density at radius 2 is 1.17 bits per heavy atom. The summed E-state index contributed by atoms with van der Waals surface area (Å²) in [4.78, 5) is 0. The van der Waals surface area contributed by atoms with Crippen LogP contribution in [0.1, 0.15) is 96.0 Å². The fraction of sp³-hybridized carbons (Fsp3) is 0.682. The average molecular weight is 329 g/mol. The second-order valence-corrected chi connectivity index (χ2v) is 6.86. The average Bonchev–Trinajstić information content (AvgIpc) is 2.62. The van der Waals surface area contributed by atoms with Crippen LogP contribution < -0.4 is 5.32 Å². The Bertz CT molecular complexity index is 430. The van der Waals surface area contributed by atoms with Gasteiger partial charge < -0.3 is 5.32 Å². The van der Waals surface area contributed by atoms with Gasteiger partial charge in [-0.1, -0.05) is 84.0 Å². The Hall–Kier alpha value is -1.49. The molecule has 134 valence electrons. The standard InChI is InChI=1S/C22H36N2/c1-2-3-4-5-6-7-8-9-10-11-12-13-14-19-24-22-17-15-21(20-23)16-18-22/h15-18,24H,2-14,19H2,1H3. The predicted octanol–water partition coefficient (Wildman–Crippen LogP) is 7.06. The van der Waals surface area contributed by atoms with Crippen LogP contribution in [0.15, 0.2) is 24.3 Å². The first kappa shape index (κ1) is 20.6. The zero-order chi connectivity index (χ0) is 17.3. The molecule has 0 aliphatic carbocycles. The number of nitrogens with zero attached hydrogens (tertiary/aromatic N) is 1. The van der Waals surface area contributed by atoms with Gasteiger partial charge in [-0.2, -0.15) is 5.26 Å². The highest BCUT2D eigenvalue weighted by molar-refractivity contribution is 5.46. The summed E-state index contributed by atoms with van der Waals surface area (Å²) in [5, 5.41) is 12.2. The highest BCUT2D eigenvalue weighted by Crippen LogP contribution is 2.13. The molecule has 2 heteroatoms. The first-order valence-corrected chi connectivity index (χ1v) is 10.1. The van der Waals surface area contributed by atoms with Crippen molar-refractivity contribution in [2.45, 2.75) is 90.4 Å². The molecule has 0 saturated carbocycles. The topological polar surface area (TPSA) is 35.8 Å². The number of nitrogens with one attached hydrogen (secondary N) is 1. The second-order valence-electron chi connectivity index (χ2n) is 6.86. The largest absolute Gasteiger partial charge is 0.385 e. The third-order valence-corrected chi connectivity index (χ3v) is 4.62. The molecule has 2 nitrogen and oxygen atoms in total. The van der Waals surface area contributed by atoms with E-state index >= 15 is 0 Å². The molecule has 1 aromatic carbocycles. The zero-order valence-corrected chi connectivity index (χ0v) is 15.7. The minimum Gasteiger partial charge on any atom is -0.385 e. The van der Waals surface area contributed by atoms with Crippen LogP contribution in [0.4, 0.5) is 5.69 Å². The monoisotopic (exact) mass is 328 g/mol. The summed E-state index contributed by atoms with van der Waals surface area (Å²) >= 11 is 0. The Kier molecular flexibility index (Phi) is 12.9. The van der Waals surface area contributed by atoms with Crippen LogP contribution in [0.2, 0.25) is 0 Å². The van der Waals surface area contributed by atoms with Crippen molar-refractivity contribution in [3.05, 3.63) is 29.8 Å². The maximum Gasteiger partial charge on any atom is 0.0991 e. The van der Waals surface area contributed by atoms with Crippen LogP contribution in [0.25, 0.3) is 0 Å². The molecule has 1 aromatic rings. The van der Waals surface area contributed by atoms with Gasteiger partial charge in [0.1, 0.15) is 0 Å². The first-order valence-electron chi connectivity index (χ1n) is 10.1. The van der Waals surface area contributed by atoms with Crippen molar-refractivity contribution in [2.24, 2.45) is 0 Å². The van der Waals surface area contributed by atoms with Gasteiger partial charge in [-0.3, -0.25) is 0 Å². The molecule has 0 saturated heterocycles. The molecule has 0 aliphatic heterocycles. The van der Waals surface area contributed by atoms with E-state index in [1.54, 1.807) is 0 Å². The molecule has 0 bridgehead atoms. The lowest BCUT2D eigenvalue weighted by Gasteiger charge is -2.06. The van der Waals surface area contributed by atoms with Crippen molar-refractivity contribution in [1.29, 1.82) is 5.26 Å². The Balaban J connectivity index is 1.81.